The van der Waals surface area contributed by atoms with Crippen LogP contribution in [0.3, 0.4) is 0 Å². The highest BCUT2D eigenvalue weighted by atomic mass is 16.6. The molecule has 0 heterocycles. The summed E-state index contributed by atoms with van der Waals surface area (Å²) in [6, 6.07) is 5.93. The molecule has 0 bridgehead atoms. The van der Waals surface area contributed by atoms with Gasteiger partial charge in [0.2, 0.25) is 0 Å². The Balaban J connectivity index is 2.61. The summed E-state index contributed by atoms with van der Waals surface area (Å²) in [6.45, 7) is -0.790. The standard InChI is InChI=1S/C15H20O8/c16-5-6-21-7-8-22-14(19)12-3-1-2-4-13(12)15(20)23-10-11(18)9-17/h1-4,11,16-18H,5-10H2. The van der Waals surface area contributed by atoms with Gasteiger partial charge in [-0.15, -0.1) is 0 Å². The van der Waals surface area contributed by atoms with Crippen LogP contribution in [0.4, 0.5) is 0 Å². The van der Waals surface area contributed by atoms with Gasteiger partial charge in [-0.25, -0.2) is 9.59 Å². The van der Waals surface area contributed by atoms with Crippen LogP contribution >= 0.6 is 0 Å². The molecule has 0 amide bonds. The van der Waals surface area contributed by atoms with Crippen molar-refractivity contribution < 1.29 is 39.1 Å². The molecule has 0 radical (unpaired) electrons. The Bertz CT molecular complexity index is 502. The first-order chi connectivity index (χ1) is 11.1. The summed E-state index contributed by atoms with van der Waals surface area (Å²) in [5.41, 5.74) is 0.0251. The largest absolute Gasteiger partial charge is 0.460 e. The summed E-state index contributed by atoms with van der Waals surface area (Å²) in [5.74, 6) is -1.52. The first kappa shape index (κ1) is 19.0. The van der Waals surface area contributed by atoms with Crippen molar-refractivity contribution in [3.8, 4) is 0 Å². The van der Waals surface area contributed by atoms with Crippen molar-refractivity contribution in [2.24, 2.45) is 0 Å². The quantitative estimate of drug-likeness (QED) is 0.383. The van der Waals surface area contributed by atoms with Gasteiger partial charge in [0, 0.05) is 0 Å². The minimum atomic E-state index is -1.18. The van der Waals surface area contributed by atoms with Crippen LogP contribution in [0.15, 0.2) is 24.3 Å². The Labute approximate surface area is 133 Å². The van der Waals surface area contributed by atoms with Crippen LogP contribution < -0.4 is 0 Å². The predicted molar refractivity (Wildman–Crippen MR) is 78.0 cm³/mol. The number of benzene rings is 1. The molecule has 3 N–H and O–H groups in total. The number of carbonyl (C=O) groups excluding carboxylic acids is 2. The van der Waals surface area contributed by atoms with Gasteiger partial charge in [-0.2, -0.15) is 0 Å². The lowest BCUT2D eigenvalue weighted by molar-refractivity contribution is 0.00873. The highest BCUT2D eigenvalue weighted by Crippen LogP contribution is 2.12. The molecule has 128 valence electrons. The van der Waals surface area contributed by atoms with Gasteiger partial charge in [0.05, 0.1) is 37.6 Å². The van der Waals surface area contributed by atoms with E-state index in [-0.39, 0.29) is 44.2 Å². The van der Waals surface area contributed by atoms with Gasteiger partial charge in [0.1, 0.15) is 19.3 Å². The van der Waals surface area contributed by atoms with Crippen molar-refractivity contribution >= 4 is 11.9 Å². The Morgan fingerprint density at radius 3 is 2.13 bits per heavy atom. The zero-order chi connectivity index (χ0) is 17.1. The van der Waals surface area contributed by atoms with Crippen molar-refractivity contribution in [3.63, 3.8) is 0 Å². The molecule has 1 unspecified atom stereocenters. The van der Waals surface area contributed by atoms with Crippen LogP contribution in [0.5, 0.6) is 0 Å². The maximum absolute atomic E-state index is 12.0. The lowest BCUT2D eigenvalue weighted by atomic mass is 10.1. The molecule has 0 saturated heterocycles. The zero-order valence-electron chi connectivity index (χ0n) is 12.5. The van der Waals surface area contributed by atoms with Gasteiger partial charge in [-0.3, -0.25) is 0 Å². The van der Waals surface area contributed by atoms with Crippen molar-refractivity contribution in [2.75, 3.05) is 39.6 Å². The molecule has 8 nitrogen and oxygen atoms in total. The molecule has 0 fully saturated rings. The lowest BCUT2D eigenvalue weighted by Crippen LogP contribution is -2.23. The van der Waals surface area contributed by atoms with E-state index < -0.39 is 24.6 Å². The second-order valence-electron chi connectivity index (χ2n) is 4.45. The molecule has 8 heteroatoms. The molecule has 0 aliphatic carbocycles. The number of esters is 2. The van der Waals surface area contributed by atoms with E-state index >= 15 is 0 Å². The van der Waals surface area contributed by atoms with Crippen molar-refractivity contribution in [1.29, 1.82) is 0 Å². The van der Waals surface area contributed by atoms with Crippen LogP contribution in [-0.2, 0) is 14.2 Å². The fourth-order valence-corrected chi connectivity index (χ4v) is 1.58. The second-order valence-corrected chi connectivity index (χ2v) is 4.45. The number of hydrogen-bond donors (Lipinski definition) is 3. The average molecular weight is 328 g/mol. The van der Waals surface area contributed by atoms with E-state index in [1.54, 1.807) is 12.1 Å². The van der Waals surface area contributed by atoms with Crippen LogP contribution in [0.1, 0.15) is 20.7 Å². The van der Waals surface area contributed by atoms with E-state index in [9.17, 15) is 9.59 Å². The Hall–Kier alpha value is -2.00. The molecule has 1 atom stereocenters. The summed E-state index contributed by atoms with van der Waals surface area (Å²) < 4.78 is 14.7. The molecule has 0 aliphatic rings. The van der Waals surface area contributed by atoms with Crippen molar-refractivity contribution in [3.05, 3.63) is 35.4 Å². The number of carbonyl (C=O) groups is 2. The highest BCUT2D eigenvalue weighted by molar-refractivity contribution is 6.03. The minimum Gasteiger partial charge on any atom is -0.460 e. The fourth-order valence-electron chi connectivity index (χ4n) is 1.58. The topological polar surface area (TPSA) is 123 Å². The average Bonchev–Trinajstić information content (AvgIpc) is 2.58. The summed E-state index contributed by atoms with van der Waals surface area (Å²) >= 11 is 0. The molecule has 1 aromatic carbocycles. The van der Waals surface area contributed by atoms with Gasteiger partial charge >= 0.3 is 11.9 Å². The second kappa shape index (κ2) is 10.7. The van der Waals surface area contributed by atoms with Crippen molar-refractivity contribution in [1.82, 2.24) is 0 Å². The molecule has 1 rings (SSSR count). The van der Waals surface area contributed by atoms with Gasteiger partial charge in [-0.1, -0.05) is 12.1 Å². The number of ether oxygens (including phenoxy) is 3. The van der Waals surface area contributed by atoms with E-state index in [4.69, 9.17) is 29.5 Å². The first-order valence-electron chi connectivity index (χ1n) is 7.01. The molecule has 1 aromatic rings. The zero-order valence-corrected chi connectivity index (χ0v) is 12.5. The predicted octanol–water partition coefficient (Wildman–Crippen LogP) is -0.638. The summed E-state index contributed by atoms with van der Waals surface area (Å²) in [4.78, 5) is 23.9. The smallest absolute Gasteiger partial charge is 0.339 e. The van der Waals surface area contributed by atoms with Gasteiger partial charge in [0.15, 0.2) is 0 Å². The first-order valence-corrected chi connectivity index (χ1v) is 7.01. The summed E-state index contributed by atoms with van der Waals surface area (Å²) in [6.07, 6.45) is -1.18. The summed E-state index contributed by atoms with van der Waals surface area (Å²) in [5, 5.41) is 26.4. The van der Waals surface area contributed by atoms with E-state index in [1.165, 1.54) is 12.1 Å². The van der Waals surface area contributed by atoms with E-state index in [0.29, 0.717) is 0 Å². The van der Waals surface area contributed by atoms with Gasteiger partial charge < -0.3 is 29.5 Å². The van der Waals surface area contributed by atoms with Crippen LogP contribution in [0.25, 0.3) is 0 Å². The molecular formula is C15H20O8. The molecule has 0 aromatic heterocycles. The third kappa shape index (κ3) is 6.74. The molecule has 23 heavy (non-hydrogen) atoms. The van der Waals surface area contributed by atoms with E-state index in [1.807, 2.05) is 0 Å². The highest BCUT2D eigenvalue weighted by Gasteiger charge is 2.19. The maximum atomic E-state index is 12.0. The molecule has 0 aliphatic heterocycles. The third-order valence-electron chi connectivity index (χ3n) is 2.68. The van der Waals surface area contributed by atoms with Crippen LogP contribution in [0.2, 0.25) is 0 Å². The Morgan fingerprint density at radius 2 is 1.57 bits per heavy atom. The Kier molecular flexibility index (Phi) is 8.85. The SMILES string of the molecule is O=C(OCCOCCO)c1ccccc1C(=O)OCC(O)CO. The van der Waals surface area contributed by atoms with Gasteiger partial charge in [0.25, 0.3) is 0 Å². The monoisotopic (exact) mass is 328 g/mol. The fraction of sp³-hybridized carbons (Fsp3) is 0.467. The van der Waals surface area contributed by atoms with Crippen LogP contribution in [-0.4, -0.2) is 73.0 Å². The number of hydrogen-bond acceptors (Lipinski definition) is 8. The van der Waals surface area contributed by atoms with Crippen LogP contribution in [0, 0.1) is 0 Å². The normalized spacial score (nSPS) is 11.8. The minimum absolute atomic E-state index is 0.00100. The molecular weight excluding hydrogens is 308 g/mol. The van der Waals surface area contributed by atoms with Crippen molar-refractivity contribution in [2.45, 2.75) is 6.10 Å². The summed E-state index contributed by atoms with van der Waals surface area (Å²) in [7, 11) is 0. The third-order valence-corrected chi connectivity index (χ3v) is 2.68. The van der Waals surface area contributed by atoms with E-state index in [0.717, 1.165) is 0 Å². The molecule has 0 spiro atoms. The molecule has 0 saturated carbocycles. The van der Waals surface area contributed by atoms with E-state index in [2.05, 4.69) is 0 Å². The number of aliphatic hydroxyl groups excluding tert-OH is 3. The number of rotatable bonds is 10. The van der Waals surface area contributed by atoms with Gasteiger partial charge in [-0.05, 0) is 12.1 Å². The maximum Gasteiger partial charge on any atom is 0.339 e. The lowest BCUT2D eigenvalue weighted by Gasteiger charge is -2.11. The number of aliphatic hydroxyl groups is 3. The Morgan fingerprint density at radius 1 is 0.957 bits per heavy atom.